The molecule has 3 unspecified atom stereocenters. The highest BCUT2D eigenvalue weighted by molar-refractivity contribution is 6.04. The molecule has 2 aromatic rings. The van der Waals surface area contributed by atoms with E-state index >= 15 is 0 Å². The van der Waals surface area contributed by atoms with Crippen LogP contribution in [0.1, 0.15) is 41.5 Å². The lowest BCUT2D eigenvalue weighted by molar-refractivity contribution is -0.0778. The van der Waals surface area contributed by atoms with Gasteiger partial charge in [0.05, 0.1) is 12.2 Å². The number of amides is 2. The largest absolute Gasteiger partial charge is 0.373 e. The normalized spacial score (nSPS) is 20.7. The number of ether oxygens (including phenoxy) is 1. The molecule has 29 heavy (non-hydrogen) atoms. The summed E-state index contributed by atoms with van der Waals surface area (Å²) in [5.41, 5.74) is 1.81. The summed E-state index contributed by atoms with van der Waals surface area (Å²) in [7, 11) is 0. The first kappa shape index (κ1) is 21.0. The second-order valence-corrected chi connectivity index (χ2v) is 7.67. The molecule has 154 valence electrons. The van der Waals surface area contributed by atoms with Gasteiger partial charge in [-0.3, -0.25) is 14.5 Å². The van der Waals surface area contributed by atoms with Crippen molar-refractivity contribution >= 4 is 17.5 Å². The summed E-state index contributed by atoms with van der Waals surface area (Å²) in [5, 5.41) is 5.84. The van der Waals surface area contributed by atoms with Crippen molar-refractivity contribution in [3.05, 3.63) is 65.7 Å². The lowest BCUT2D eigenvalue weighted by Crippen LogP contribution is -2.52. The van der Waals surface area contributed by atoms with Crippen LogP contribution in [0.4, 0.5) is 5.69 Å². The molecule has 2 amide bonds. The number of nitrogens with zero attached hydrogens (tertiary/aromatic N) is 1. The van der Waals surface area contributed by atoms with Gasteiger partial charge >= 0.3 is 0 Å². The van der Waals surface area contributed by atoms with E-state index in [0.29, 0.717) is 23.4 Å². The average molecular weight is 396 g/mol. The number of anilines is 1. The minimum absolute atomic E-state index is 0.118. The molecule has 0 aromatic heterocycles. The average Bonchev–Trinajstić information content (AvgIpc) is 2.72. The molecule has 6 heteroatoms. The molecule has 1 aliphatic heterocycles. The molecule has 1 heterocycles. The highest BCUT2D eigenvalue weighted by atomic mass is 16.5. The summed E-state index contributed by atoms with van der Waals surface area (Å²) >= 11 is 0. The zero-order valence-corrected chi connectivity index (χ0v) is 17.2. The van der Waals surface area contributed by atoms with Crippen LogP contribution in [-0.2, 0) is 4.74 Å². The number of hydrogen-bond donors (Lipinski definition) is 2. The number of carbonyl (C=O) groups is 2. The molecule has 3 atom stereocenters. The van der Waals surface area contributed by atoms with E-state index in [0.717, 1.165) is 13.1 Å². The van der Waals surface area contributed by atoms with Crippen molar-refractivity contribution in [2.45, 2.75) is 39.0 Å². The maximum atomic E-state index is 12.5. The first-order chi connectivity index (χ1) is 13.9. The fourth-order valence-electron chi connectivity index (χ4n) is 3.55. The van der Waals surface area contributed by atoms with E-state index in [-0.39, 0.29) is 30.1 Å². The monoisotopic (exact) mass is 395 g/mol. The predicted octanol–water partition coefficient (Wildman–Crippen LogP) is 3.17. The van der Waals surface area contributed by atoms with E-state index < -0.39 is 0 Å². The Bertz CT molecular complexity index is 813. The summed E-state index contributed by atoms with van der Waals surface area (Å²) in [6, 6.07) is 16.2. The minimum Gasteiger partial charge on any atom is -0.373 e. The molecule has 6 nitrogen and oxygen atoms in total. The molecule has 1 saturated heterocycles. The number of morpholine rings is 1. The predicted molar refractivity (Wildman–Crippen MR) is 114 cm³/mol. The van der Waals surface area contributed by atoms with Crippen molar-refractivity contribution < 1.29 is 14.3 Å². The highest BCUT2D eigenvalue weighted by Crippen LogP contribution is 2.14. The molecular formula is C23H29N3O3. The van der Waals surface area contributed by atoms with Gasteiger partial charge in [-0.05, 0) is 57.2 Å². The Morgan fingerprint density at radius 1 is 0.966 bits per heavy atom. The Balaban J connectivity index is 1.50. The number of benzene rings is 2. The highest BCUT2D eigenvalue weighted by Gasteiger charge is 2.25. The smallest absolute Gasteiger partial charge is 0.255 e. The second kappa shape index (κ2) is 9.67. The third-order valence-electron chi connectivity index (χ3n) is 5.07. The van der Waals surface area contributed by atoms with E-state index in [1.165, 1.54) is 0 Å². The van der Waals surface area contributed by atoms with E-state index in [4.69, 9.17) is 4.74 Å². The molecule has 0 spiro atoms. The number of hydrogen-bond acceptors (Lipinski definition) is 4. The van der Waals surface area contributed by atoms with Gasteiger partial charge in [0, 0.05) is 42.5 Å². The van der Waals surface area contributed by atoms with Crippen LogP contribution >= 0.6 is 0 Å². The van der Waals surface area contributed by atoms with E-state index in [1.54, 1.807) is 36.4 Å². The zero-order valence-electron chi connectivity index (χ0n) is 17.2. The van der Waals surface area contributed by atoms with Crippen LogP contribution < -0.4 is 10.6 Å². The van der Waals surface area contributed by atoms with Crippen LogP contribution in [0.5, 0.6) is 0 Å². The Kier molecular flexibility index (Phi) is 7.01. The zero-order chi connectivity index (χ0) is 20.8. The molecule has 3 rings (SSSR count). The fraction of sp³-hybridized carbons (Fsp3) is 0.391. The quantitative estimate of drug-likeness (QED) is 0.788. The molecular weight excluding hydrogens is 366 g/mol. The van der Waals surface area contributed by atoms with Crippen molar-refractivity contribution in [3.8, 4) is 0 Å². The molecule has 1 aliphatic rings. The molecule has 0 bridgehead atoms. The van der Waals surface area contributed by atoms with Gasteiger partial charge in [0.2, 0.25) is 0 Å². The summed E-state index contributed by atoms with van der Waals surface area (Å²) < 4.78 is 5.77. The van der Waals surface area contributed by atoms with Crippen LogP contribution in [-0.4, -0.2) is 54.6 Å². The van der Waals surface area contributed by atoms with Crippen molar-refractivity contribution in [3.63, 3.8) is 0 Å². The van der Waals surface area contributed by atoms with Crippen LogP contribution in [0.25, 0.3) is 0 Å². The first-order valence-electron chi connectivity index (χ1n) is 10.1. The molecule has 2 N–H and O–H groups in total. The lowest BCUT2D eigenvalue weighted by Gasteiger charge is -2.39. The molecule has 0 aliphatic carbocycles. The van der Waals surface area contributed by atoms with Crippen molar-refractivity contribution in [2.75, 3.05) is 25.0 Å². The van der Waals surface area contributed by atoms with Gasteiger partial charge in [-0.25, -0.2) is 0 Å². The summed E-state index contributed by atoms with van der Waals surface area (Å²) in [5.74, 6) is -0.294. The van der Waals surface area contributed by atoms with Crippen molar-refractivity contribution in [1.82, 2.24) is 10.2 Å². The van der Waals surface area contributed by atoms with Gasteiger partial charge in [0.25, 0.3) is 11.8 Å². The van der Waals surface area contributed by atoms with E-state index in [9.17, 15) is 9.59 Å². The third-order valence-corrected chi connectivity index (χ3v) is 5.07. The molecule has 0 saturated carbocycles. The Morgan fingerprint density at radius 3 is 2.17 bits per heavy atom. The lowest BCUT2D eigenvalue weighted by atomic mass is 10.1. The van der Waals surface area contributed by atoms with Crippen molar-refractivity contribution in [1.29, 1.82) is 0 Å². The maximum Gasteiger partial charge on any atom is 0.255 e. The summed E-state index contributed by atoms with van der Waals surface area (Å²) in [4.78, 5) is 27.0. The van der Waals surface area contributed by atoms with Crippen LogP contribution in [0.3, 0.4) is 0 Å². The molecule has 2 aromatic carbocycles. The standard InChI is InChI=1S/C23H29N3O3/c1-16(26-14-17(2)29-18(3)15-26)13-24-22(27)20-9-11-21(12-10-20)25-23(28)19-7-5-4-6-8-19/h4-12,16-18H,13-15H2,1-3H3,(H,24,27)(H,25,28). The molecule has 1 fully saturated rings. The number of rotatable bonds is 6. The van der Waals surface area contributed by atoms with Crippen LogP contribution in [0.2, 0.25) is 0 Å². The first-order valence-corrected chi connectivity index (χ1v) is 10.1. The van der Waals surface area contributed by atoms with Gasteiger partial charge in [-0.1, -0.05) is 18.2 Å². The minimum atomic E-state index is -0.175. The van der Waals surface area contributed by atoms with Crippen LogP contribution in [0, 0.1) is 0 Å². The van der Waals surface area contributed by atoms with Gasteiger partial charge in [-0.15, -0.1) is 0 Å². The number of nitrogens with one attached hydrogen (secondary N) is 2. The SMILES string of the molecule is CC1CN(C(C)CNC(=O)c2ccc(NC(=O)c3ccccc3)cc2)CC(C)O1. The Morgan fingerprint density at radius 2 is 1.55 bits per heavy atom. The van der Waals surface area contributed by atoms with Gasteiger partial charge < -0.3 is 15.4 Å². The topological polar surface area (TPSA) is 70.7 Å². The van der Waals surface area contributed by atoms with Crippen molar-refractivity contribution in [2.24, 2.45) is 0 Å². The third kappa shape index (κ3) is 5.89. The van der Waals surface area contributed by atoms with E-state index in [2.05, 4.69) is 36.3 Å². The van der Waals surface area contributed by atoms with E-state index in [1.807, 2.05) is 18.2 Å². The summed E-state index contributed by atoms with van der Waals surface area (Å²) in [6.45, 7) is 8.59. The fourth-order valence-corrected chi connectivity index (χ4v) is 3.55. The second-order valence-electron chi connectivity index (χ2n) is 7.67. The maximum absolute atomic E-state index is 12.5. The Labute approximate surface area is 172 Å². The van der Waals surface area contributed by atoms with Crippen LogP contribution in [0.15, 0.2) is 54.6 Å². The van der Waals surface area contributed by atoms with Gasteiger partial charge in [0.15, 0.2) is 0 Å². The Hall–Kier alpha value is -2.70. The molecule has 0 radical (unpaired) electrons. The van der Waals surface area contributed by atoms with Gasteiger partial charge in [0.1, 0.15) is 0 Å². The number of carbonyl (C=O) groups excluding carboxylic acids is 2. The summed E-state index contributed by atoms with van der Waals surface area (Å²) in [6.07, 6.45) is 0.408. The van der Waals surface area contributed by atoms with Gasteiger partial charge in [-0.2, -0.15) is 0 Å².